The number of fused-ring (bicyclic) bond motifs is 3. The summed E-state index contributed by atoms with van der Waals surface area (Å²) in [6.07, 6.45) is -0.0113. The molecule has 12 heteroatoms. The van der Waals surface area contributed by atoms with E-state index in [2.05, 4.69) is 30.6 Å². The summed E-state index contributed by atoms with van der Waals surface area (Å²) in [5, 5.41) is 5.76. The predicted molar refractivity (Wildman–Crippen MR) is 132 cm³/mol. The first-order valence-electron chi connectivity index (χ1n) is 10.9. The van der Waals surface area contributed by atoms with Crippen LogP contribution in [-0.4, -0.2) is 46.8 Å². The Morgan fingerprint density at radius 2 is 2.00 bits per heavy atom. The van der Waals surface area contributed by atoms with E-state index < -0.39 is 17.6 Å². The van der Waals surface area contributed by atoms with E-state index >= 15 is 0 Å². The van der Waals surface area contributed by atoms with Gasteiger partial charge in [0.2, 0.25) is 5.95 Å². The largest absolute Gasteiger partial charge is 0.416 e. The third kappa shape index (κ3) is 4.26. The average Bonchev–Trinajstić information content (AvgIpc) is 3.35. The first-order valence-corrected chi connectivity index (χ1v) is 11.3. The Hall–Kier alpha value is -3.99. The van der Waals surface area contributed by atoms with Gasteiger partial charge >= 0.3 is 6.18 Å². The lowest BCUT2D eigenvalue weighted by atomic mass is 9.94. The quantitative estimate of drug-likeness (QED) is 0.514. The molecule has 0 spiro atoms. The topological polar surface area (TPSA) is 95.4 Å². The monoisotopic (exact) mass is 513 g/mol. The molecule has 1 amide bonds. The van der Waals surface area contributed by atoms with Crippen molar-refractivity contribution < 1.29 is 18.0 Å². The van der Waals surface area contributed by atoms with Crippen molar-refractivity contribution in [2.45, 2.75) is 13.1 Å². The summed E-state index contributed by atoms with van der Waals surface area (Å²) in [5.41, 5.74) is 2.07. The van der Waals surface area contributed by atoms with Crippen LogP contribution in [0.3, 0.4) is 0 Å². The molecule has 4 heterocycles. The van der Waals surface area contributed by atoms with Crippen LogP contribution in [0.1, 0.15) is 32.7 Å². The summed E-state index contributed by atoms with van der Waals surface area (Å²) in [7, 11) is 1.74. The number of amidine groups is 1. The van der Waals surface area contributed by atoms with Gasteiger partial charge in [0.15, 0.2) is 0 Å². The minimum absolute atomic E-state index is 0.236. The highest BCUT2D eigenvalue weighted by molar-refractivity contribution is 6.37. The number of aromatic nitrogens is 3. The van der Waals surface area contributed by atoms with Gasteiger partial charge in [-0.25, -0.2) is 4.98 Å². The Balaban J connectivity index is 1.53. The number of hydrogen-bond donors (Lipinski definition) is 2. The fourth-order valence-corrected chi connectivity index (χ4v) is 4.36. The second-order valence-corrected chi connectivity index (χ2v) is 8.57. The molecule has 2 N–H and O–H groups in total. The second kappa shape index (κ2) is 8.90. The maximum absolute atomic E-state index is 13.1. The van der Waals surface area contributed by atoms with Crippen molar-refractivity contribution in [1.29, 1.82) is 0 Å². The van der Waals surface area contributed by atoms with Crippen molar-refractivity contribution >= 4 is 52.4 Å². The molecular formula is C24H19ClF3N7O. The maximum Gasteiger partial charge on any atom is 0.416 e. The highest BCUT2D eigenvalue weighted by atomic mass is 35.5. The molecule has 3 aromatic rings. The molecule has 0 atom stereocenters. The maximum atomic E-state index is 13.1. The zero-order chi connectivity index (χ0) is 25.6. The molecule has 2 aliphatic heterocycles. The second-order valence-electron chi connectivity index (χ2n) is 8.17. The number of aliphatic imine (C=N–C) groups is 1. The number of anilines is 3. The number of hydrogen-bond acceptors (Lipinski definition) is 7. The predicted octanol–water partition coefficient (Wildman–Crippen LogP) is 4.92. The van der Waals surface area contributed by atoms with Gasteiger partial charge in [-0.1, -0.05) is 11.6 Å². The van der Waals surface area contributed by atoms with Crippen LogP contribution in [-0.2, 0) is 6.18 Å². The third-order valence-electron chi connectivity index (χ3n) is 5.83. The standard InChI is InChI=1S/C24H19ClF3N7O/c1-12-7-17(25)18(33-22(36)19-9-14(3-4-30-19)24(26,27)28)10-15(12)16-8-13-11-32-23(29-2)34-20(13)35-6-5-31-21(16)35/h3-4,7-11H,5-6H2,1-2H3,(H,33,36)(H,29,32,34). The molecule has 1 aromatic carbocycles. The number of nitrogens with zero attached hydrogens (tertiary/aromatic N) is 5. The number of halogens is 4. The van der Waals surface area contributed by atoms with Crippen LogP contribution in [0.25, 0.3) is 11.6 Å². The summed E-state index contributed by atoms with van der Waals surface area (Å²) in [6.45, 7) is 3.11. The molecular weight excluding hydrogens is 495 g/mol. The van der Waals surface area contributed by atoms with Gasteiger partial charge < -0.3 is 15.5 Å². The lowest BCUT2D eigenvalue weighted by Crippen LogP contribution is -2.32. The third-order valence-corrected chi connectivity index (χ3v) is 6.14. The van der Waals surface area contributed by atoms with Gasteiger partial charge in [-0.15, -0.1) is 0 Å². The van der Waals surface area contributed by atoms with E-state index in [0.29, 0.717) is 25.1 Å². The van der Waals surface area contributed by atoms with Crippen LogP contribution >= 0.6 is 11.6 Å². The van der Waals surface area contributed by atoms with Gasteiger partial charge in [0, 0.05) is 37.1 Å². The van der Waals surface area contributed by atoms with Gasteiger partial charge in [0.05, 0.1) is 22.8 Å². The number of amides is 1. The molecule has 8 nitrogen and oxygen atoms in total. The average molecular weight is 514 g/mol. The number of carbonyl (C=O) groups is 1. The first kappa shape index (κ1) is 23.7. The molecule has 0 radical (unpaired) electrons. The van der Waals surface area contributed by atoms with E-state index in [9.17, 15) is 18.0 Å². The summed E-state index contributed by atoms with van der Waals surface area (Å²) >= 11 is 6.40. The van der Waals surface area contributed by atoms with Crippen LogP contribution in [0.5, 0.6) is 0 Å². The van der Waals surface area contributed by atoms with Gasteiger partial charge in [-0.3, -0.25) is 14.8 Å². The Morgan fingerprint density at radius 3 is 2.75 bits per heavy atom. The van der Waals surface area contributed by atoms with Crippen LogP contribution in [0, 0.1) is 6.92 Å². The minimum Gasteiger partial charge on any atom is -0.357 e. The van der Waals surface area contributed by atoms with Crippen molar-refractivity contribution in [2.24, 2.45) is 4.99 Å². The van der Waals surface area contributed by atoms with Crippen molar-refractivity contribution in [3.05, 3.63) is 69.6 Å². The highest BCUT2D eigenvalue weighted by Crippen LogP contribution is 2.38. The molecule has 2 aromatic heterocycles. The van der Waals surface area contributed by atoms with Crippen LogP contribution in [0.2, 0.25) is 5.02 Å². The summed E-state index contributed by atoms with van der Waals surface area (Å²) in [5.74, 6) is 1.15. The van der Waals surface area contributed by atoms with E-state index in [1.54, 1.807) is 25.4 Å². The van der Waals surface area contributed by atoms with Crippen LogP contribution in [0.15, 0.2) is 41.7 Å². The zero-order valence-corrected chi connectivity index (χ0v) is 19.9. The van der Waals surface area contributed by atoms with E-state index in [-0.39, 0.29) is 16.4 Å². The molecule has 184 valence electrons. The number of carbonyl (C=O) groups excluding carboxylic acids is 1. The lowest BCUT2D eigenvalue weighted by Gasteiger charge is -2.28. The Bertz CT molecular complexity index is 1450. The number of nitrogens with one attached hydrogen (secondary N) is 2. The molecule has 0 aliphatic carbocycles. The Morgan fingerprint density at radius 1 is 1.19 bits per heavy atom. The van der Waals surface area contributed by atoms with Crippen LogP contribution < -0.4 is 15.5 Å². The smallest absolute Gasteiger partial charge is 0.357 e. The van der Waals surface area contributed by atoms with Crippen molar-refractivity contribution in [3.8, 4) is 0 Å². The number of pyridine rings is 1. The fraction of sp³-hybridized carbons (Fsp3) is 0.208. The fourth-order valence-electron chi connectivity index (χ4n) is 4.10. The molecule has 0 fully saturated rings. The van der Waals surface area contributed by atoms with Crippen molar-refractivity contribution in [3.63, 3.8) is 0 Å². The SMILES string of the molecule is CNc1ncc2c(n1)N1CCN=C1C(c1cc(NC(=O)c3cc(C(F)(F)F)ccn3)c(Cl)cc1C)=C2. The zero-order valence-electron chi connectivity index (χ0n) is 19.1. The van der Waals surface area contributed by atoms with E-state index in [1.165, 1.54) is 0 Å². The summed E-state index contributed by atoms with van der Waals surface area (Å²) in [4.78, 5) is 32.1. The highest BCUT2D eigenvalue weighted by Gasteiger charge is 2.32. The lowest BCUT2D eigenvalue weighted by molar-refractivity contribution is -0.137. The van der Waals surface area contributed by atoms with Gasteiger partial charge in [0.25, 0.3) is 5.91 Å². The van der Waals surface area contributed by atoms with Gasteiger partial charge in [0.1, 0.15) is 17.3 Å². The van der Waals surface area contributed by atoms with E-state index in [1.807, 2.05) is 17.9 Å². The van der Waals surface area contributed by atoms with Crippen molar-refractivity contribution in [1.82, 2.24) is 15.0 Å². The Labute approximate surface area is 209 Å². The molecule has 0 unspecified atom stereocenters. The number of aryl methyl sites for hydroxylation is 1. The molecule has 2 aliphatic rings. The first-order chi connectivity index (χ1) is 17.2. The molecule has 0 bridgehead atoms. The molecule has 36 heavy (non-hydrogen) atoms. The molecule has 0 saturated heterocycles. The van der Waals surface area contributed by atoms with Gasteiger partial charge in [-0.05, 0) is 48.4 Å². The molecule has 5 rings (SSSR count). The number of rotatable bonds is 4. The normalized spacial score (nSPS) is 14.6. The van der Waals surface area contributed by atoms with Gasteiger partial charge in [-0.2, -0.15) is 18.2 Å². The van der Waals surface area contributed by atoms with Crippen molar-refractivity contribution in [2.75, 3.05) is 35.7 Å². The minimum atomic E-state index is -4.60. The number of benzene rings is 1. The molecule has 0 saturated carbocycles. The summed E-state index contributed by atoms with van der Waals surface area (Å²) in [6, 6.07) is 4.87. The Kier molecular flexibility index (Phi) is 5.87. The van der Waals surface area contributed by atoms with E-state index in [0.717, 1.165) is 46.2 Å². The number of alkyl halides is 3. The van der Waals surface area contributed by atoms with E-state index in [4.69, 9.17) is 11.6 Å². The van der Waals surface area contributed by atoms with Crippen LogP contribution in [0.4, 0.5) is 30.6 Å². The summed E-state index contributed by atoms with van der Waals surface area (Å²) < 4.78 is 39.2.